The van der Waals surface area contributed by atoms with Crippen molar-refractivity contribution in [1.82, 2.24) is 9.80 Å². The number of hydrogen-bond acceptors (Lipinski definition) is 5. The zero-order valence-corrected chi connectivity index (χ0v) is 21.8. The minimum absolute atomic E-state index is 0.0426. The molecule has 2 amide bonds. The second-order valence-corrected chi connectivity index (χ2v) is 9.65. The molecule has 184 valence electrons. The van der Waals surface area contributed by atoms with Crippen LogP contribution in [0.15, 0.2) is 53.0 Å². The zero-order valence-electron chi connectivity index (χ0n) is 20.2. The van der Waals surface area contributed by atoms with Crippen LogP contribution in [0.3, 0.4) is 0 Å². The van der Waals surface area contributed by atoms with Crippen LogP contribution in [0.2, 0.25) is 0 Å². The van der Waals surface area contributed by atoms with Gasteiger partial charge in [-0.05, 0) is 49.2 Å². The van der Waals surface area contributed by atoms with Gasteiger partial charge in [0.2, 0.25) is 0 Å². The Morgan fingerprint density at radius 3 is 2.35 bits per heavy atom. The van der Waals surface area contributed by atoms with Crippen LogP contribution >= 0.6 is 15.9 Å². The molecule has 3 rings (SSSR count). The van der Waals surface area contributed by atoms with Gasteiger partial charge in [0.25, 0.3) is 0 Å². The molecule has 8 heteroatoms. The summed E-state index contributed by atoms with van der Waals surface area (Å²) in [6.45, 7) is 5.57. The largest absolute Gasteiger partial charge is 0.494 e. The minimum Gasteiger partial charge on any atom is -0.494 e. The maximum atomic E-state index is 12.6. The van der Waals surface area contributed by atoms with Crippen LogP contribution in [-0.2, 0) is 27.2 Å². The Morgan fingerprint density at radius 2 is 1.74 bits per heavy atom. The Kier molecular flexibility index (Phi) is 9.36. The minimum atomic E-state index is -0.632. The summed E-state index contributed by atoms with van der Waals surface area (Å²) >= 11 is 3.44. The number of likely N-dealkylation sites (N-methyl/N-ethyl adjacent to an activating group) is 1. The molecule has 0 aliphatic carbocycles. The van der Waals surface area contributed by atoms with Crippen LogP contribution in [0.25, 0.3) is 0 Å². The highest BCUT2D eigenvalue weighted by atomic mass is 79.9. The van der Waals surface area contributed by atoms with E-state index in [1.807, 2.05) is 74.3 Å². The zero-order chi connectivity index (χ0) is 24.7. The molecule has 34 heavy (non-hydrogen) atoms. The molecule has 2 atom stereocenters. The first-order valence-corrected chi connectivity index (χ1v) is 12.3. The lowest BCUT2D eigenvalue weighted by atomic mass is 10.1. The Morgan fingerprint density at radius 1 is 1.09 bits per heavy atom. The smallest absolute Gasteiger partial charge is 0.335 e. The molecule has 2 aromatic carbocycles. The van der Waals surface area contributed by atoms with E-state index in [4.69, 9.17) is 14.2 Å². The van der Waals surface area contributed by atoms with Crippen LogP contribution in [0.1, 0.15) is 31.4 Å². The second-order valence-electron chi connectivity index (χ2n) is 8.74. The number of carbonyl (C=O) groups is 2. The quantitative estimate of drug-likeness (QED) is 0.393. The molecule has 1 fully saturated rings. The third-order valence-electron chi connectivity index (χ3n) is 5.80. The monoisotopic (exact) mass is 532 g/mol. The molecule has 1 aliphatic heterocycles. The number of urea groups is 1. The summed E-state index contributed by atoms with van der Waals surface area (Å²) in [6, 6.07) is 15.8. The van der Waals surface area contributed by atoms with E-state index in [2.05, 4.69) is 15.9 Å². The number of amides is 2. The molecule has 0 N–H and O–H groups in total. The summed E-state index contributed by atoms with van der Waals surface area (Å²) in [7, 11) is 3.21. The van der Waals surface area contributed by atoms with E-state index in [0.29, 0.717) is 26.1 Å². The second kappa shape index (κ2) is 12.2. The number of benzene rings is 2. The van der Waals surface area contributed by atoms with Crippen molar-refractivity contribution in [2.75, 3.05) is 27.3 Å². The van der Waals surface area contributed by atoms with E-state index in [0.717, 1.165) is 27.8 Å². The van der Waals surface area contributed by atoms with E-state index in [9.17, 15) is 9.59 Å². The number of halogens is 1. The number of rotatable bonds is 11. The van der Waals surface area contributed by atoms with Crippen molar-refractivity contribution < 1.29 is 23.8 Å². The first-order valence-electron chi connectivity index (χ1n) is 11.5. The van der Waals surface area contributed by atoms with Crippen LogP contribution in [-0.4, -0.2) is 67.4 Å². The van der Waals surface area contributed by atoms with Crippen molar-refractivity contribution in [3.05, 3.63) is 64.1 Å². The van der Waals surface area contributed by atoms with Gasteiger partial charge >= 0.3 is 12.0 Å². The van der Waals surface area contributed by atoms with Gasteiger partial charge in [-0.15, -0.1) is 0 Å². The van der Waals surface area contributed by atoms with Gasteiger partial charge in [0.15, 0.2) is 6.10 Å². The summed E-state index contributed by atoms with van der Waals surface area (Å²) in [6.07, 6.45) is 0.479. The first-order chi connectivity index (χ1) is 16.3. The normalized spacial score (nSPS) is 16.8. The first kappa shape index (κ1) is 26.0. The molecule has 0 radical (unpaired) electrons. The molecule has 1 saturated heterocycles. The predicted molar refractivity (Wildman–Crippen MR) is 134 cm³/mol. The predicted octanol–water partition coefficient (Wildman–Crippen LogP) is 4.66. The third kappa shape index (κ3) is 7.21. The molecule has 1 aliphatic rings. The number of nitrogens with zero attached hydrogens (tertiary/aromatic N) is 2. The fourth-order valence-corrected chi connectivity index (χ4v) is 4.22. The summed E-state index contributed by atoms with van der Waals surface area (Å²) in [5.41, 5.74) is 2.07. The van der Waals surface area contributed by atoms with Gasteiger partial charge in [-0.3, -0.25) is 0 Å². The highest BCUT2D eigenvalue weighted by molar-refractivity contribution is 9.10. The summed E-state index contributed by atoms with van der Waals surface area (Å²) in [4.78, 5) is 28.3. The van der Waals surface area contributed by atoms with Crippen LogP contribution in [0, 0.1) is 0 Å². The SMILES string of the molecule is COC(=O)C(Cc1ccc(OCCC2CN(Cc3ccc(Br)cc3)C(=O)N2C)cc1)OC(C)C. The highest BCUT2D eigenvalue weighted by Crippen LogP contribution is 2.21. The van der Waals surface area contributed by atoms with Crippen molar-refractivity contribution in [2.45, 2.75) is 51.5 Å². The topological polar surface area (TPSA) is 68.3 Å². The van der Waals surface area contributed by atoms with E-state index in [1.165, 1.54) is 7.11 Å². The summed E-state index contributed by atoms with van der Waals surface area (Å²) in [5, 5.41) is 0. The average Bonchev–Trinajstić information content (AvgIpc) is 3.08. The number of hydrogen-bond donors (Lipinski definition) is 0. The molecule has 0 saturated carbocycles. The van der Waals surface area contributed by atoms with Crippen molar-refractivity contribution in [3.63, 3.8) is 0 Å². The van der Waals surface area contributed by atoms with E-state index < -0.39 is 6.10 Å². The molecule has 2 unspecified atom stereocenters. The lowest BCUT2D eigenvalue weighted by Gasteiger charge is -2.19. The molecule has 7 nitrogen and oxygen atoms in total. The number of methoxy groups -OCH3 is 1. The standard InChI is InChI=1S/C26H33BrN2O5/c1-18(2)34-24(25(30)32-4)15-19-7-11-23(12-8-19)33-14-13-22-17-29(26(31)28(22)3)16-20-5-9-21(27)10-6-20/h5-12,18,22,24H,13-17H2,1-4H3. The van der Waals surface area contributed by atoms with Gasteiger partial charge in [-0.2, -0.15) is 0 Å². The molecule has 0 bridgehead atoms. The Labute approximate surface area is 210 Å². The van der Waals surface area contributed by atoms with Gasteiger partial charge in [0.05, 0.1) is 25.9 Å². The van der Waals surface area contributed by atoms with Gasteiger partial charge in [-0.25, -0.2) is 9.59 Å². The maximum absolute atomic E-state index is 12.6. The molecular formula is C26H33BrN2O5. The lowest BCUT2D eigenvalue weighted by molar-refractivity contribution is -0.156. The number of ether oxygens (including phenoxy) is 3. The highest BCUT2D eigenvalue weighted by Gasteiger charge is 2.34. The van der Waals surface area contributed by atoms with Crippen LogP contribution < -0.4 is 4.74 Å². The molecule has 1 heterocycles. The van der Waals surface area contributed by atoms with Crippen molar-refractivity contribution in [1.29, 1.82) is 0 Å². The Hall–Kier alpha value is -2.58. The van der Waals surface area contributed by atoms with Crippen molar-refractivity contribution in [3.8, 4) is 5.75 Å². The van der Waals surface area contributed by atoms with E-state index >= 15 is 0 Å². The maximum Gasteiger partial charge on any atom is 0.335 e. The van der Waals surface area contributed by atoms with Gasteiger partial charge in [-0.1, -0.05) is 40.2 Å². The fourth-order valence-electron chi connectivity index (χ4n) is 3.96. The van der Waals surface area contributed by atoms with Crippen LogP contribution in [0.4, 0.5) is 4.79 Å². The fraction of sp³-hybridized carbons (Fsp3) is 0.462. The van der Waals surface area contributed by atoms with Crippen molar-refractivity contribution >= 4 is 27.9 Å². The van der Waals surface area contributed by atoms with Gasteiger partial charge in [0.1, 0.15) is 5.75 Å². The lowest BCUT2D eigenvalue weighted by Crippen LogP contribution is -2.31. The average molecular weight is 533 g/mol. The number of esters is 1. The molecular weight excluding hydrogens is 500 g/mol. The molecule has 2 aromatic rings. The van der Waals surface area contributed by atoms with Gasteiger partial charge < -0.3 is 24.0 Å². The van der Waals surface area contributed by atoms with Crippen LogP contribution in [0.5, 0.6) is 5.75 Å². The Bertz CT molecular complexity index is 949. The summed E-state index contributed by atoms with van der Waals surface area (Å²) in [5.74, 6) is 0.375. The Balaban J connectivity index is 1.47. The number of carbonyl (C=O) groups excluding carboxylic acids is 2. The third-order valence-corrected chi connectivity index (χ3v) is 6.33. The summed E-state index contributed by atoms with van der Waals surface area (Å²) < 4.78 is 17.5. The van der Waals surface area contributed by atoms with Crippen molar-refractivity contribution in [2.24, 2.45) is 0 Å². The van der Waals surface area contributed by atoms with Gasteiger partial charge in [0, 0.05) is 37.5 Å². The van der Waals surface area contributed by atoms with E-state index in [1.54, 1.807) is 4.90 Å². The molecule has 0 spiro atoms. The van der Waals surface area contributed by atoms with E-state index in [-0.39, 0.29) is 24.1 Å². The molecule has 0 aromatic heterocycles.